The van der Waals surface area contributed by atoms with Crippen molar-refractivity contribution in [1.82, 2.24) is 4.90 Å². The molecule has 0 aliphatic carbocycles. The molecular weight excluding hydrogens is 414 g/mol. The average Bonchev–Trinajstić information content (AvgIpc) is 2.87. The smallest absolute Gasteiger partial charge is 0.119 e. The second-order valence-electron chi connectivity index (χ2n) is 8.83. The first-order chi connectivity index (χ1) is 16.6. The van der Waals surface area contributed by atoms with E-state index in [1.807, 2.05) is 0 Å². The molecule has 0 aliphatic heterocycles. The lowest BCUT2D eigenvalue weighted by Gasteiger charge is -2.18. The van der Waals surface area contributed by atoms with Gasteiger partial charge in [0.25, 0.3) is 0 Å². The predicted molar refractivity (Wildman–Crippen MR) is 146 cm³/mol. The second kappa shape index (κ2) is 11.2. The topological polar surface area (TPSA) is 12.5 Å². The minimum absolute atomic E-state index is 0.710. The van der Waals surface area contributed by atoms with Crippen molar-refractivity contribution in [3.8, 4) is 39.1 Å². The number of hydrogen-bond donors (Lipinski definition) is 0. The summed E-state index contributed by atoms with van der Waals surface area (Å²) in [4.78, 5) is 2.37. The highest BCUT2D eigenvalue weighted by atomic mass is 16.5. The third-order valence-corrected chi connectivity index (χ3v) is 6.57. The molecular formula is C32H35NO. The molecule has 2 heteroatoms. The molecule has 0 unspecified atom stereocenters. The lowest BCUT2D eigenvalue weighted by Crippen LogP contribution is -2.27. The quantitative estimate of drug-likeness (QED) is 0.256. The summed E-state index contributed by atoms with van der Waals surface area (Å²) in [6, 6.07) is 32.6. The van der Waals surface area contributed by atoms with Crippen LogP contribution in [-0.2, 0) is 0 Å². The van der Waals surface area contributed by atoms with E-state index >= 15 is 0 Å². The molecule has 2 nitrogen and oxygen atoms in total. The minimum Gasteiger partial charge on any atom is -0.492 e. The number of hydrogen-bond acceptors (Lipinski definition) is 2. The summed E-state index contributed by atoms with van der Waals surface area (Å²) < 4.78 is 6.01. The molecule has 0 saturated carbocycles. The Balaban J connectivity index is 1.67. The van der Waals surface area contributed by atoms with E-state index in [-0.39, 0.29) is 0 Å². The van der Waals surface area contributed by atoms with Gasteiger partial charge in [0.1, 0.15) is 12.4 Å². The van der Waals surface area contributed by atoms with E-state index in [2.05, 4.69) is 124 Å². The van der Waals surface area contributed by atoms with Gasteiger partial charge in [0.2, 0.25) is 0 Å². The molecule has 0 saturated heterocycles. The van der Waals surface area contributed by atoms with Crippen molar-refractivity contribution < 1.29 is 4.74 Å². The lowest BCUT2D eigenvalue weighted by atomic mass is 9.90. The number of aryl methyl sites for hydroxylation is 2. The van der Waals surface area contributed by atoms with Crippen molar-refractivity contribution in [3.05, 3.63) is 102 Å². The summed E-state index contributed by atoms with van der Waals surface area (Å²) in [6.45, 7) is 12.5. The van der Waals surface area contributed by atoms with Crippen molar-refractivity contribution in [3.63, 3.8) is 0 Å². The summed E-state index contributed by atoms with van der Waals surface area (Å²) in [6.07, 6.45) is 0. The van der Waals surface area contributed by atoms with E-state index in [1.54, 1.807) is 0 Å². The molecule has 0 aliphatic rings. The molecule has 0 aromatic heterocycles. The number of nitrogens with zero attached hydrogens (tertiary/aromatic N) is 1. The highest BCUT2D eigenvalue weighted by Gasteiger charge is 2.11. The normalized spacial score (nSPS) is 11.1. The zero-order chi connectivity index (χ0) is 23.9. The van der Waals surface area contributed by atoms with Gasteiger partial charge in [-0.1, -0.05) is 74.5 Å². The Hall–Kier alpha value is -3.36. The largest absolute Gasteiger partial charge is 0.492 e. The Bertz CT molecular complexity index is 1190. The van der Waals surface area contributed by atoms with Crippen LogP contribution in [-0.4, -0.2) is 31.1 Å². The van der Waals surface area contributed by atoms with Gasteiger partial charge in [-0.25, -0.2) is 0 Å². The zero-order valence-electron chi connectivity index (χ0n) is 20.8. The maximum Gasteiger partial charge on any atom is 0.119 e. The SMILES string of the molecule is CCN(CC)CCOc1ccc(-c2cc(-c3ccccc3)cc(-c3c(C)cccc3C)c2)cc1. The lowest BCUT2D eigenvalue weighted by molar-refractivity contribution is 0.223. The van der Waals surface area contributed by atoms with Gasteiger partial charge in [-0.3, -0.25) is 0 Å². The van der Waals surface area contributed by atoms with Crippen LogP contribution in [0.1, 0.15) is 25.0 Å². The highest BCUT2D eigenvalue weighted by Crippen LogP contribution is 2.35. The molecule has 4 rings (SSSR count). The van der Waals surface area contributed by atoms with E-state index in [0.29, 0.717) is 6.61 Å². The zero-order valence-corrected chi connectivity index (χ0v) is 20.8. The van der Waals surface area contributed by atoms with Crippen LogP contribution in [0.3, 0.4) is 0 Å². The molecule has 0 atom stereocenters. The predicted octanol–water partition coefficient (Wildman–Crippen LogP) is 8.03. The van der Waals surface area contributed by atoms with Crippen LogP contribution in [0.15, 0.2) is 91.0 Å². The Kier molecular flexibility index (Phi) is 7.82. The number of rotatable bonds is 9. The van der Waals surface area contributed by atoms with E-state index in [1.165, 1.54) is 44.5 Å². The standard InChI is InChI=1S/C32H35NO/c1-5-33(6-2)19-20-34-31-17-15-27(16-18-31)29-21-28(26-13-8-7-9-14-26)22-30(23-29)32-24(3)11-10-12-25(32)4/h7-18,21-23H,5-6,19-20H2,1-4H3. The van der Waals surface area contributed by atoms with E-state index < -0.39 is 0 Å². The molecule has 174 valence electrons. The van der Waals surface area contributed by atoms with Crippen LogP contribution in [0.5, 0.6) is 5.75 Å². The third kappa shape index (κ3) is 5.58. The Morgan fingerprint density at radius 3 is 1.74 bits per heavy atom. The van der Waals surface area contributed by atoms with Crippen LogP contribution in [0.4, 0.5) is 0 Å². The molecule has 34 heavy (non-hydrogen) atoms. The molecule has 0 fully saturated rings. The van der Waals surface area contributed by atoms with Gasteiger partial charge >= 0.3 is 0 Å². The number of likely N-dealkylation sites (N-methyl/N-ethyl adjacent to an activating group) is 1. The van der Waals surface area contributed by atoms with Gasteiger partial charge in [-0.05, 0) is 102 Å². The number of ether oxygens (including phenoxy) is 1. The van der Waals surface area contributed by atoms with Crippen molar-refractivity contribution in [2.24, 2.45) is 0 Å². The van der Waals surface area contributed by atoms with Gasteiger partial charge < -0.3 is 9.64 Å². The molecule has 0 N–H and O–H groups in total. The Labute approximate surface area is 204 Å². The maximum atomic E-state index is 6.01. The summed E-state index contributed by atoms with van der Waals surface area (Å²) in [5, 5.41) is 0. The van der Waals surface area contributed by atoms with Crippen molar-refractivity contribution >= 4 is 0 Å². The van der Waals surface area contributed by atoms with Crippen molar-refractivity contribution in [1.29, 1.82) is 0 Å². The molecule has 4 aromatic rings. The molecule has 0 radical (unpaired) electrons. The van der Waals surface area contributed by atoms with Gasteiger partial charge in [0, 0.05) is 6.54 Å². The van der Waals surface area contributed by atoms with E-state index in [4.69, 9.17) is 4.74 Å². The van der Waals surface area contributed by atoms with Gasteiger partial charge in [-0.15, -0.1) is 0 Å². The van der Waals surface area contributed by atoms with Crippen molar-refractivity contribution in [2.45, 2.75) is 27.7 Å². The third-order valence-electron chi connectivity index (χ3n) is 6.57. The van der Waals surface area contributed by atoms with E-state index in [9.17, 15) is 0 Å². The first kappa shape index (κ1) is 23.8. The van der Waals surface area contributed by atoms with Gasteiger partial charge in [0.05, 0.1) is 0 Å². The summed E-state index contributed by atoms with van der Waals surface area (Å²) in [5.41, 5.74) is 10.0. The summed E-state index contributed by atoms with van der Waals surface area (Å²) in [7, 11) is 0. The summed E-state index contributed by atoms with van der Waals surface area (Å²) >= 11 is 0. The monoisotopic (exact) mass is 449 g/mol. The van der Waals surface area contributed by atoms with Crippen LogP contribution in [0, 0.1) is 13.8 Å². The first-order valence-corrected chi connectivity index (χ1v) is 12.3. The van der Waals surface area contributed by atoms with Crippen LogP contribution < -0.4 is 4.74 Å². The molecule has 0 amide bonds. The van der Waals surface area contributed by atoms with Crippen LogP contribution in [0.2, 0.25) is 0 Å². The van der Waals surface area contributed by atoms with Gasteiger partial charge in [0.15, 0.2) is 0 Å². The summed E-state index contributed by atoms with van der Waals surface area (Å²) in [5.74, 6) is 0.921. The molecule has 4 aromatic carbocycles. The minimum atomic E-state index is 0.710. The maximum absolute atomic E-state index is 6.01. The Morgan fingerprint density at radius 2 is 1.15 bits per heavy atom. The molecule has 0 heterocycles. The number of benzene rings is 4. The molecule has 0 bridgehead atoms. The first-order valence-electron chi connectivity index (χ1n) is 12.3. The fourth-order valence-electron chi connectivity index (χ4n) is 4.58. The van der Waals surface area contributed by atoms with Crippen molar-refractivity contribution in [2.75, 3.05) is 26.2 Å². The fraction of sp³-hybridized carbons (Fsp3) is 0.250. The Morgan fingerprint density at radius 1 is 0.588 bits per heavy atom. The molecule has 0 spiro atoms. The fourth-order valence-corrected chi connectivity index (χ4v) is 4.58. The van der Waals surface area contributed by atoms with Crippen LogP contribution in [0.25, 0.3) is 33.4 Å². The highest BCUT2D eigenvalue weighted by molar-refractivity contribution is 5.83. The van der Waals surface area contributed by atoms with Gasteiger partial charge in [-0.2, -0.15) is 0 Å². The van der Waals surface area contributed by atoms with Crippen LogP contribution >= 0.6 is 0 Å². The van der Waals surface area contributed by atoms with E-state index in [0.717, 1.165) is 25.4 Å². The second-order valence-corrected chi connectivity index (χ2v) is 8.83. The average molecular weight is 450 g/mol.